The summed E-state index contributed by atoms with van der Waals surface area (Å²) in [6.45, 7) is 10.1. The van der Waals surface area contributed by atoms with Crippen molar-refractivity contribution in [3.63, 3.8) is 0 Å². The number of para-hydroxylation sites is 1. The molecule has 6 heteroatoms. The Labute approximate surface area is 167 Å². The van der Waals surface area contributed by atoms with Crippen LogP contribution in [-0.2, 0) is 11.2 Å². The number of rotatable bonds is 6. The minimum atomic E-state index is -0.187. The van der Waals surface area contributed by atoms with Crippen LogP contribution in [0, 0.1) is 19.8 Å². The second-order valence-corrected chi connectivity index (χ2v) is 7.64. The van der Waals surface area contributed by atoms with E-state index >= 15 is 0 Å². The molecule has 1 N–H and O–H groups in total. The lowest BCUT2D eigenvalue weighted by Gasteiger charge is -2.31. The number of ether oxygens (including phenoxy) is 1. The molecule has 1 aromatic heterocycles. The van der Waals surface area contributed by atoms with Gasteiger partial charge < -0.3 is 15.0 Å². The number of aryl methyl sites for hydroxylation is 3. The molecule has 1 aliphatic heterocycles. The number of piperidine rings is 1. The van der Waals surface area contributed by atoms with Gasteiger partial charge in [-0.3, -0.25) is 4.79 Å². The molecule has 28 heavy (non-hydrogen) atoms. The molecule has 0 radical (unpaired) electrons. The Kier molecular flexibility index (Phi) is 6.49. The number of nitrogens with one attached hydrogen (secondary N) is 1. The van der Waals surface area contributed by atoms with Crippen molar-refractivity contribution in [1.82, 2.24) is 9.97 Å². The predicted octanol–water partition coefficient (Wildman–Crippen LogP) is 3.91. The van der Waals surface area contributed by atoms with Crippen molar-refractivity contribution in [3.8, 4) is 5.88 Å². The molecule has 1 aromatic carbocycles. The summed E-state index contributed by atoms with van der Waals surface area (Å²) in [5.41, 5.74) is 3.88. The first-order chi connectivity index (χ1) is 13.5. The van der Waals surface area contributed by atoms with Gasteiger partial charge in [-0.1, -0.05) is 32.0 Å². The lowest BCUT2D eigenvalue weighted by Crippen LogP contribution is -2.35. The number of aromatic nitrogens is 2. The van der Waals surface area contributed by atoms with E-state index in [1.807, 2.05) is 32.0 Å². The average Bonchev–Trinajstić information content (AvgIpc) is 2.67. The Morgan fingerprint density at radius 2 is 2.14 bits per heavy atom. The number of amides is 1. The Hall–Kier alpha value is -2.63. The predicted molar refractivity (Wildman–Crippen MR) is 112 cm³/mol. The second-order valence-electron chi connectivity index (χ2n) is 7.64. The molecule has 2 aromatic rings. The number of carbonyl (C=O) groups excluding carboxylic acids is 1. The van der Waals surface area contributed by atoms with E-state index in [0.717, 1.165) is 48.4 Å². The van der Waals surface area contributed by atoms with Crippen LogP contribution in [-0.4, -0.2) is 35.6 Å². The van der Waals surface area contributed by atoms with Crippen LogP contribution in [0.1, 0.15) is 43.5 Å². The van der Waals surface area contributed by atoms with Crippen molar-refractivity contribution in [3.05, 3.63) is 41.1 Å². The molecular weight excluding hydrogens is 352 g/mol. The summed E-state index contributed by atoms with van der Waals surface area (Å²) in [7, 11) is 0. The fraction of sp³-hybridized carbons (Fsp3) is 0.500. The minimum Gasteiger partial charge on any atom is -0.467 e. The molecular formula is C22H30N4O2. The van der Waals surface area contributed by atoms with Crippen LogP contribution < -0.4 is 15.0 Å². The standard InChI is InChI=1S/C22H30N4O2/c1-5-18-10-6-9-16(3)21(18)24-19(27)14-28-20-12-17(4)23-22(25-20)26-11-7-8-15(2)13-26/h6,9-10,12,15H,5,7-8,11,13-14H2,1-4H3,(H,24,27). The van der Waals surface area contributed by atoms with E-state index in [2.05, 4.69) is 34.0 Å². The Bertz CT molecular complexity index is 837. The van der Waals surface area contributed by atoms with Gasteiger partial charge in [-0.2, -0.15) is 4.98 Å². The third-order valence-electron chi connectivity index (χ3n) is 5.11. The molecule has 3 rings (SSSR count). The molecule has 2 heterocycles. The highest BCUT2D eigenvalue weighted by molar-refractivity contribution is 5.93. The van der Waals surface area contributed by atoms with Crippen molar-refractivity contribution in [2.45, 2.75) is 47.0 Å². The third-order valence-corrected chi connectivity index (χ3v) is 5.11. The fourth-order valence-electron chi connectivity index (χ4n) is 3.63. The normalized spacial score (nSPS) is 16.7. The highest BCUT2D eigenvalue weighted by atomic mass is 16.5. The topological polar surface area (TPSA) is 67.3 Å². The van der Waals surface area contributed by atoms with Gasteiger partial charge in [0.1, 0.15) is 0 Å². The quantitative estimate of drug-likeness (QED) is 0.820. The van der Waals surface area contributed by atoms with Gasteiger partial charge in [0.2, 0.25) is 11.8 Å². The second kappa shape index (κ2) is 9.04. The van der Waals surface area contributed by atoms with Gasteiger partial charge >= 0.3 is 0 Å². The first-order valence-corrected chi connectivity index (χ1v) is 10.1. The maximum Gasteiger partial charge on any atom is 0.262 e. The molecule has 0 saturated carbocycles. The molecule has 1 fully saturated rings. The van der Waals surface area contributed by atoms with Crippen LogP contribution in [0.15, 0.2) is 24.3 Å². The molecule has 1 saturated heterocycles. The number of hydrogen-bond donors (Lipinski definition) is 1. The van der Waals surface area contributed by atoms with E-state index in [9.17, 15) is 4.79 Å². The monoisotopic (exact) mass is 382 g/mol. The molecule has 1 atom stereocenters. The number of anilines is 2. The Morgan fingerprint density at radius 1 is 1.32 bits per heavy atom. The SMILES string of the molecule is CCc1cccc(C)c1NC(=O)COc1cc(C)nc(N2CCCC(C)C2)n1. The van der Waals surface area contributed by atoms with Crippen molar-refractivity contribution in [2.24, 2.45) is 5.92 Å². The number of carbonyl (C=O) groups is 1. The molecule has 0 spiro atoms. The van der Waals surface area contributed by atoms with Crippen molar-refractivity contribution < 1.29 is 9.53 Å². The number of nitrogens with zero attached hydrogens (tertiary/aromatic N) is 3. The summed E-state index contributed by atoms with van der Waals surface area (Å²) in [6.07, 6.45) is 3.25. The van der Waals surface area contributed by atoms with Crippen molar-refractivity contribution >= 4 is 17.5 Å². The van der Waals surface area contributed by atoms with Crippen LogP contribution >= 0.6 is 0 Å². The van der Waals surface area contributed by atoms with Gasteiger partial charge in [-0.15, -0.1) is 0 Å². The van der Waals surface area contributed by atoms with Gasteiger partial charge in [0.25, 0.3) is 5.91 Å². The van der Waals surface area contributed by atoms with Gasteiger partial charge in [0, 0.05) is 30.5 Å². The summed E-state index contributed by atoms with van der Waals surface area (Å²) in [5.74, 6) is 1.58. The molecule has 0 aliphatic carbocycles. The number of benzene rings is 1. The molecule has 1 aliphatic rings. The van der Waals surface area contributed by atoms with E-state index in [0.29, 0.717) is 17.7 Å². The van der Waals surface area contributed by atoms with E-state index in [1.54, 1.807) is 6.07 Å². The zero-order valence-electron chi connectivity index (χ0n) is 17.3. The highest BCUT2D eigenvalue weighted by Crippen LogP contribution is 2.23. The van der Waals surface area contributed by atoms with Crippen LogP contribution in [0.25, 0.3) is 0 Å². The van der Waals surface area contributed by atoms with E-state index < -0.39 is 0 Å². The van der Waals surface area contributed by atoms with Crippen LogP contribution in [0.5, 0.6) is 5.88 Å². The minimum absolute atomic E-state index is 0.0796. The fourth-order valence-corrected chi connectivity index (χ4v) is 3.63. The lowest BCUT2D eigenvalue weighted by molar-refractivity contribution is -0.118. The van der Waals surface area contributed by atoms with E-state index in [4.69, 9.17) is 4.74 Å². The zero-order chi connectivity index (χ0) is 20.1. The average molecular weight is 383 g/mol. The first kappa shape index (κ1) is 20.1. The van der Waals surface area contributed by atoms with Crippen LogP contribution in [0.3, 0.4) is 0 Å². The largest absolute Gasteiger partial charge is 0.467 e. The molecule has 6 nitrogen and oxygen atoms in total. The molecule has 1 amide bonds. The van der Waals surface area contributed by atoms with E-state index in [-0.39, 0.29) is 12.5 Å². The Balaban J connectivity index is 1.65. The third kappa shape index (κ3) is 5.00. The highest BCUT2D eigenvalue weighted by Gasteiger charge is 2.20. The number of hydrogen-bond acceptors (Lipinski definition) is 5. The maximum absolute atomic E-state index is 12.4. The van der Waals surface area contributed by atoms with Gasteiger partial charge in [-0.25, -0.2) is 4.98 Å². The van der Waals surface area contributed by atoms with Gasteiger partial charge in [-0.05, 0) is 50.2 Å². The molecule has 150 valence electrons. The lowest BCUT2D eigenvalue weighted by atomic mass is 10.0. The first-order valence-electron chi connectivity index (χ1n) is 10.1. The summed E-state index contributed by atoms with van der Waals surface area (Å²) < 4.78 is 5.70. The zero-order valence-corrected chi connectivity index (χ0v) is 17.3. The Morgan fingerprint density at radius 3 is 2.89 bits per heavy atom. The van der Waals surface area contributed by atoms with Gasteiger partial charge in [0.15, 0.2) is 6.61 Å². The van der Waals surface area contributed by atoms with Gasteiger partial charge in [0.05, 0.1) is 0 Å². The van der Waals surface area contributed by atoms with E-state index in [1.165, 1.54) is 6.42 Å². The summed E-state index contributed by atoms with van der Waals surface area (Å²) >= 11 is 0. The summed E-state index contributed by atoms with van der Waals surface area (Å²) in [4.78, 5) is 23.7. The molecule has 1 unspecified atom stereocenters. The van der Waals surface area contributed by atoms with Crippen molar-refractivity contribution in [1.29, 1.82) is 0 Å². The summed E-state index contributed by atoms with van der Waals surface area (Å²) in [6, 6.07) is 7.81. The van der Waals surface area contributed by atoms with Crippen molar-refractivity contribution in [2.75, 3.05) is 29.9 Å². The smallest absolute Gasteiger partial charge is 0.262 e. The molecule has 0 bridgehead atoms. The van der Waals surface area contributed by atoms with Crippen LogP contribution in [0.2, 0.25) is 0 Å². The summed E-state index contributed by atoms with van der Waals surface area (Å²) in [5, 5.41) is 2.98. The maximum atomic E-state index is 12.4. The van der Waals surface area contributed by atoms with Crippen LogP contribution in [0.4, 0.5) is 11.6 Å².